The fourth-order valence-electron chi connectivity index (χ4n) is 5.22. The second-order valence-electron chi connectivity index (χ2n) is 12.5. The largest absolute Gasteiger partial charge is 0.743 e. The zero-order chi connectivity index (χ0) is 28.7. The molecule has 0 aliphatic heterocycles. The van der Waals surface area contributed by atoms with Gasteiger partial charge >= 0.3 is 32.4 Å². The van der Waals surface area contributed by atoms with Crippen LogP contribution >= 0.6 is 0 Å². The van der Waals surface area contributed by atoms with Crippen LogP contribution in [0, 0.1) is 24.9 Å². The van der Waals surface area contributed by atoms with E-state index in [9.17, 15) is 30.5 Å². The molecular formula is C29H37F4IO3S. The maximum absolute atomic E-state index is 13.5. The van der Waals surface area contributed by atoms with Gasteiger partial charge in [-0.2, -0.15) is 17.6 Å². The topological polar surface area (TPSA) is 57.2 Å². The molecule has 0 heterocycles. The van der Waals surface area contributed by atoms with E-state index in [0.717, 1.165) is 0 Å². The van der Waals surface area contributed by atoms with Gasteiger partial charge in [0.05, 0.1) is 0 Å². The van der Waals surface area contributed by atoms with Crippen LogP contribution in [0.4, 0.5) is 17.6 Å². The molecule has 0 aromatic heterocycles. The summed E-state index contributed by atoms with van der Waals surface area (Å²) in [5.74, 6) is -7.10. The zero-order valence-electron chi connectivity index (χ0n) is 22.7. The van der Waals surface area contributed by atoms with Crippen LogP contribution in [-0.4, -0.2) is 24.1 Å². The van der Waals surface area contributed by atoms with Crippen LogP contribution in [0.1, 0.15) is 78.4 Å². The summed E-state index contributed by atoms with van der Waals surface area (Å²) >= 11 is -0.0703. The van der Waals surface area contributed by atoms with Crippen molar-refractivity contribution in [2.75, 3.05) is 0 Å². The van der Waals surface area contributed by atoms with Gasteiger partial charge in [0.25, 0.3) is 0 Å². The van der Waals surface area contributed by atoms with Crippen LogP contribution in [-0.2, 0) is 20.9 Å². The first kappa shape index (κ1) is 31.3. The number of hydrogen-bond acceptors (Lipinski definition) is 3. The Bertz CT molecular complexity index is 1140. The lowest BCUT2D eigenvalue weighted by Crippen LogP contribution is -3.61. The van der Waals surface area contributed by atoms with E-state index >= 15 is 0 Å². The highest BCUT2D eigenvalue weighted by atomic mass is 127. The van der Waals surface area contributed by atoms with E-state index in [4.69, 9.17) is 0 Å². The van der Waals surface area contributed by atoms with Crippen molar-refractivity contribution in [1.82, 2.24) is 0 Å². The summed E-state index contributed by atoms with van der Waals surface area (Å²) in [6, 6.07) is 18.4. The molecule has 3 atom stereocenters. The molecular weight excluding hydrogens is 631 g/mol. The molecule has 212 valence electrons. The van der Waals surface area contributed by atoms with Crippen molar-refractivity contribution in [2.24, 2.45) is 17.8 Å². The van der Waals surface area contributed by atoms with Crippen LogP contribution in [0.3, 0.4) is 0 Å². The number of fused-ring (bicyclic) bond motifs is 2. The first-order valence-corrected chi connectivity index (χ1v) is 16.4. The fraction of sp³-hybridized carbons (Fsp3) is 0.586. The molecule has 2 aliphatic carbocycles. The second kappa shape index (κ2) is 11.0. The average molecular weight is 669 g/mol. The molecule has 0 saturated heterocycles. The van der Waals surface area contributed by atoms with E-state index in [0.29, 0.717) is 19.3 Å². The number of hydrogen-bond donors (Lipinski definition) is 0. The lowest BCUT2D eigenvalue weighted by molar-refractivity contribution is -0.597. The Balaban J connectivity index is 0.000000215. The molecule has 9 heteroatoms. The van der Waals surface area contributed by atoms with Crippen molar-refractivity contribution in [1.29, 1.82) is 0 Å². The van der Waals surface area contributed by atoms with E-state index in [1.807, 2.05) is 0 Å². The molecule has 2 aromatic rings. The van der Waals surface area contributed by atoms with Gasteiger partial charge in [0, 0.05) is 5.92 Å². The molecule has 2 aromatic carbocycles. The third-order valence-electron chi connectivity index (χ3n) is 7.54. The van der Waals surface area contributed by atoms with E-state index in [-0.39, 0.29) is 44.4 Å². The lowest BCUT2D eigenvalue weighted by atomic mass is 9.84. The predicted molar refractivity (Wildman–Crippen MR) is 136 cm³/mol. The van der Waals surface area contributed by atoms with Gasteiger partial charge < -0.3 is 4.55 Å². The van der Waals surface area contributed by atoms with E-state index in [2.05, 4.69) is 90.1 Å². The summed E-state index contributed by atoms with van der Waals surface area (Å²) in [6.07, 6.45) is 1.42. The fourth-order valence-corrected chi connectivity index (χ4v) is 7.87. The summed E-state index contributed by atoms with van der Waals surface area (Å²) in [5.41, 5.74) is 3.31. The van der Waals surface area contributed by atoms with Crippen LogP contribution in [0.15, 0.2) is 48.5 Å². The van der Waals surface area contributed by atoms with E-state index in [1.165, 1.54) is 18.3 Å². The van der Waals surface area contributed by atoms with Crippen LogP contribution in [0.25, 0.3) is 0 Å². The Labute approximate surface area is 234 Å². The molecule has 4 rings (SSSR count). The Kier molecular flexibility index (Phi) is 9.06. The Morgan fingerprint density at radius 3 is 1.45 bits per heavy atom. The summed E-state index contributed by atoms with van der Waals surface area (Å²) in [6.45, 7) is 13.6. The monoisotopic (exact) mass is 668 g/mol. The number of alkyl halides is 4. The number of benzene rings is 2. The SMILES string of the molecule is CC(C)(C)c1ccc([I+]c2ccc(C(C)(C)C)cc2)cc1.O=S(=O)([O-])C(F)(F)C(F)(F)C1CC2CCC1C2. The molecule has 0 spiro atoms. The molecule has 2 fully saturated rings. The smallest absolute Gasteiger partial charge is 0.396 e. The van der Waals surface area contributed by atoms with Crippen molar-refractivity contribution >= 4 is 10.1 Å². The summed E-state index contributed by atoms with van der Waals surface area (Å²) < 4.78 is 86.9. The molecule has 2 aliphatic rings. The van der Waals surface area contributed by atoms with Crippen molar-refractivity contribution < 1.29 is 51.7 Å². The molecule has 0 N–H and O–H groups in total. The highest BCUT2D eigenvalue weighted by molar-refractivity contribution is 7.86. The number of halogens is 5. The van der Waals surface area contributed by atoms with Crippen LogP contribution in [0.2, 0.25) is 0 Å². The van der Waals surface area contributed by atoms with Gasteiger partial charge in [0.15, 0.2) is 17.3 Å². The molecule has 2 bridgehead atoms. The summed E-state index contributed by atoms with van der Waals surface area (Å²) in [5, 5.41) is -5.52. The van der Waals surface area contributed by atoms with E-state index in [1.54, 1.807) is 0 Å². The third kappa shape index (κ3) is 6.92. The van der Waals surface area contributed by atoms with Crippen LogP contribution < -0.4 is 21.2 Å². The Morgan fingerprint density at radius 2 is 1.16 bits per heavy atom. The normalized spacial score (nSPS) is 22.2. The maximum atomic E-state index is 13.5. The maximum Gasteiger partial charge on any atom is 0.396 e. The summed E-state index contributed by atoms with van der Waals surface area (Å²) in [4.78, 5) is 0. The first-order valence-electron chi connectivity index (χ1n) is 12.8. The molecule has 0 radical (unpaired) electrons. The minimum absolute atomic E-state index is 0.0407. The van der Waals surface area contributed by atoms with Crippen molar-refractivity contribution in [3.8, 4) is 0 Å². The Morgan fingerprint density at radius 1 is 0.737 bits per heavy atom. The molecule has 3 nitrogen and oxygen atoms in total. The van der Waals surface area contributed by atoms with E-state index < -0.39 is 33.1 Å². The molecule has 2 saturated carbocycles. The highest BCUT2D eigenvalue weighted by Gasteiger charge is 2.68. The van der Waals surface area contributed by atoms with Crippen molar-refractivity contribution in [3.63, 3.8) is 0 Å². The minimum atomic E-state index is -6.35. The van der Waals surface area contributed by atoms with Gasteiger partial charge in [-0.15, -0.1) is 0 Å². The highest BCUT2D eigenvalue weighted by Crippen LogP contribution is 2.58. The molecule has 38 heavy (non-hydrogen) atoms. The van der Waals surface area contributed by atoms with Gasteiger partial charge in [-0.3, -0.25) is 0 Å². The quantitative estimate of drug-likeness (QED) is 0.266. The van der Waals surface area contributed by atoms with Gasteiger partial charge in [0.1, 0.15) is 0 Å². The van der Waals surface area contributed by atoms with Gasteiger partial charge in [-0.25, -0.2) is 8.42 Å². The van der Waals surface area contributed by atoms with Crippen LogP contribution in [0.5, 0.6) is 0 Å². The van der Waals surface area contributed by atoms with Gasteiger partial charge in [-0.1, -0.05) is 72.2 Å². The summed E-state index contributed by atoms with van der Waals surface area (Å²) in [7, 11) is -6.35. The molecule has 0 amide bonds. The standard InChI is InChI=1S/C20H26I.C9H12F4O3S/c1-19(2,3)15-7-11-17(12-8-15)21-18-13-9-16(10-14-18)20(4,5)6;10-8(11,9(12,13)17(14,15)16)7-4-5-1-2-6(7)3-5/h7-14H,1-6H3;5-7H,1-4H2,(H,14,15,16)/q+1;/p-1. The average Bonchev–Trinajstić information content (AvgIpc) is 3.42. The second-order valence-corrected chi connectivity index (χ2v) is 16.9. The lowest BCUT2D eigenvalue weighted by Gasteiger charge is -2.36. The number of rotatable bonds is 5. The Hall–Kier alpha value is -1.20. The predicted octanol–water partition coefficient (Wildman–Crippen LogP) is 4.61. The van der Waals surface area contributed by atoms with Gasteiger partial charge in [0.2, 0.25) is 0 Å². The minimum Gasteiger partial charge on any atom is -0.743 e. The molecule has 3 unspecified atom stereocenters. The van der Waals surface area contributed by atoms with Crippen molar-refractivity contribution in [3.05, 3.63) is 66.8 Å². The first-order chi connectivity index (χ1) is 17.2. The van der Waals surface area contributed by atoms with Gasteiger partial charge in [-0.05, 0) is 77.3 Å². The third-order valence-corrected chi connectivity index (χ3v) is 11.1. The van der Waals surface area contributed by atoms with Crippen molar-refractivity contribution in [2.45, 2.75) is 89.2 Å². The zero-order valence-corrected chi connectivity index (χ0v) is 25.7.